The molecule has 0 bridgehead atoms. The van der Waals surface area contributed by atoms with Gasteiger partial charge < -0.3 is 16.0 Å². The van der Waals surface area contributed by atoms with Crippen molar-refractivity contribution in [2.24, 2.45) is 5.73 Å². The lowest BCUT2D eigenvalue weighted by Crippen LogP contribution is -2.48. The summed E-state index contributed by atoms with van der Waals surface area (Å²) < 4.78 is 0. The molecule has 0 spiro atoms. The molecule has 0 unspecified atom stereocenters. The Morgan fingerprint density at radius 2 is 2.16 bits per heavy atom. The van der Waals surface area contributed by atoms with Crippen molar-refractivity contribution < 1.29 is 4.79 Å². The highest BCUT2D eigenvalue weighted by Crippen LogP contribution is 2.16. The summed E-state index contributed by atoms with van der Waals surface area (Å²) in [5, 5.41) is 3.84. The van der Waals surface area contributed by atoms with Crippen LogP contribution in [0, 0.1) is 0 Å². The van der Waals surface area contributed by atoms with E-state index in [4.69, 9.17) is 18.0 Å². The molecule has 0 saturated carbocycles. The van der Waals surface area contributed by atoms with Gasteiger partial charge in [0.2, 0.25) is 5.91 Å². The Hall–Kier alpha value is -1.62. The number of likely N-dealkylation sites (tertiary alicyclic amines) is 1. The van der Waals surface area contributed by atoms with Crippen LogP contribution in [0.5, 0.6) is 0 Å². The molecule has 1 fully saturated rings. The van der Waals surface area contributed by atoms with E-state index in [1.165, 1.54) is 5.56 Å². The maximum Gasteiger partial charge on any atom is 0.240 e. The van der Waals surface area contributed by atoms with Gasteiger partial charge in [-0.2, -0.15) is 0 Å². The highest BCUT2D eigenvalue weighted by Gasteiger charge is 2.30. The average Bonchev–Trinajstić information content (AvgIpc) is 2.89. The first-order valence-electron chi connectivity index (χ1n) is 6.56. The zero-order valence-corrected chi connectivity index (χ0v) is 11.7. The van der Waals surface area contributed by atoms with Crippen LogP contribution in [0.25, 0.3) is 0 Å². The van der Waals surface area contributed by atoms with Crippen LogP contribution in [0.4, 0.5) is 0 Å². The highest BCUT2D eigenvalue weighted by molar-refractivity contribution is 7.80. The summed E-state index contributed by atoms with van der Waals surface area (Å²) in [4.78, 5) is 13.2. The Labute approximate surface area is 119 Å². The molecule has 1 aromatic carbocycles. The molecule has 4 nitrogen and oxygen atoms in total. The molecule has 1 aliphatic rings. The number of benzene rings is 1. The quantitative estimate of drug-likeness (QED) is 0.808. The lowest BCUT2D eigenvalue weighted by atomic mass is 10.1. The van der Waals surface area contributed by atoms with Crippen LogP contribution < -0.4 is 11.1 Å². The third-order valence-corrected chi connectivity index (χ3v) is 3.75. The van der Waals surface area contributed by atoms with Crippen LogP contribution in [0.3, 0.4) is 0 Å². The number of primary amides is 1. The fraction of sp³-hybridized carbons (Fsp3) is 0.429. The number of nitrogens with one attached hydrogen (secondary N) is 1. The molecular formula is C14H19N3OS. The zero-order chi connectivity index (χ0) is 13.7. The molecule has 5 heteroatoms. The first-order valence-corrected chi connectivity index (χ1v) is 6.97. The fourth-order valence-electron chi connectivity index (χ4n) is 2.37. The van der Waals surface area contributed by atoms with Gasteiger partial charge in [-0.05, 0) is 37.0 Å². The van der Waals surface area contributed by atoms with Crippen LogP contribution in [0.15, 0.2) is 30.3 Å². The van der Waals surface area contributed by atoms with Gasteiger partial charge in [0.25, 0.3) is 0 Å². The maximum atomic E-state index is 11.3. The molecule has 0 aliphatic carbocycles. The van der Waals surface area contributed by atoms with Crippen molar-refractivity contribution in [2.45, 2.75) is 25.3 Å². The smallest absolute Gasteiger partial charge is 0.240 e. The largest absolute Gasteiger partial charge is 0.368 e. The van der Waals surface area contributed by atoms with E-state index in [-0.39, 0.29) is 11.9 Å². The lowest BCUT2D eigenvalue weighted by Gasteiger charge is -2.25. The molecule has 1 amide bonds. The van der Waals surface area contributed by atoms with E-state index in [0.29, 0.717) is 5.11 Å². The molecule has 0 radical (unpaired) electrons. The fourth-order valence-corrected chi connectivity index (χ4v) is 2.69. The number of amides is 1. The zero-order valence-electron chi connectivity index (χ0n) is 10.8. The Kier molecular flexibility index (Phi) is 4.74. The minimum Gasteiger partial charge on any atom is -0.368 e. The Morgan fingerprint density at radius 1 is 1.42 bits per heavy atom. The summed E-state index contributed by atoms with van der Waals surface area (Å²) >= 11 is 5.33. The topological polar surface area (TPSA) is 58.4 Å². The average molecular weight is 277 g/mol. The summed E-state index contributed by atoms with van der Waals surface area (Å²) in [7, 11) is 0. The molecule has 1 saturated heterocycles. The Balaban J connectivity index is 1.80. The number of carbonyl (C=O) groups is 1. The number of nitrogens with two attached hydrogens (primary N) is 1. The second-order valence-corrected chi connectivity index (χ2v) is 5.11. The van der Waals surface area contributed by atoms with E-state index in [1.807, 2.05) is 23.1 Å². The van der Waals surface area contributed by atoms with Crippen molar-refractivity contribution in [3.63, 3.8) is 0 Å². The number of carbonyl (C=O) groups excluding carboxylic acids is 1. The van der Waals surface area contributed by atoms with Crippen molar-refractivity contribution in [2.75, 3.05) is 13.1 Å². The number of nitrogens with zero attached hydrogens (tertiary/aromatic N) is 1. The molecule has 1 aromatic rings. The van der Waals surface area contributed by atoms with Crippen molar-refractivity contribution in [3.05, 3.63) is 35.9 Å². The van der Waals surface area contributed by atoms with Gasteiger partial charge in [-0.1, -0.05) is 30.3 Å². The third-order valence-electron chi connectivity index (χ3n) is 3.37. The van der Waals surface area contributed by atoms with Gasteiger partial charge in [0.15, 0.2) is 5.11 Å². The van der Waals surface area contributed by atoms with Crippen molar-refractivity contribution in [3.8, 4) is 0 Å². The van der Waals surface area contributed by atoms with Gasteiger partial charge in [-0.25, -0.2) is 0 Å². The summed E-state index contributed by atoms with van der Waals surface area (Å²) in [6.07, 6.45) is 2.68. The molecule has 0 aromatic heterocycles. The third kappa shape index (κ3) is 3.67. The van der Waals surface area contributed by atoms with Crippen molar-refractivity contribution >= 4 is 23.2 Å². The number of hydrogen-bond donors (Lipinski definition) is 2. The first-order chi connectivity index (χ1) is 9.18. The minimum atomic E-state index is -0.287. The number of thiocarbonyl (C=S) groups is 1. The van der Waals surface area contributed by atoms with E-state index >= 15 is 0 Å². The summed E-state index contributed by atoms with van der Waals surface area (Å²) in [5.74, 6) is -0.287. The Bertz CT molecular complexity index is 449. The molecule has 1 atom stereocenters. The first kappa shape index (κ1) is 13.8. The Morgan fingerprint density at radius 3 is 2.84 bits per heavy atom. The van der Waals surface area contributed by atoms with Crippen LogP contribution in [-0.4, -0.2) is 35.1 Å². The second-order valence-electron chi connectivity index (χ2n) is 4.72. The van der Waals surface area contributed by atoms with Gasteiger partial charge >= 0.3 is 0 Å². The van der Waals surface area contributed by atoms with Gasteiger partial charge in [-0.3, -0.25) is 4.79 Å². The van der Waals surface area contributed by atoms with Gasteiger partial charge in [0, 0.05) is 13.1 Å². The predicted octanol–water partition coefficient (Wildman–Crippen LogP) is 1.05. The SMILES string of the molecule is NC(=O)[C@@H]1CCCN1C(=S)NCCc1ccccc1. The summed E-state index contributed by atoms with van der Waals surface area (Å²) in [6, 6.07) is 9.99. The van der Waals surface area contributed by atoms with Crippen LogP contribution in [0.1, 0.15) is 18.4 Å². The van der Waals surface area contributed by atoms with Gasteiger partial charge in [-0.15, -0.1) is 0 Å². The van der Waals surface area contributed by atoms with Crippen molar-refractivity contribution in [1.82, 2.24) is 10.2 Å². The van der Waals surface area contributed by atoms with Crippen molar-refractivity contribution in [1.29, 1.82) is 0 Å². The normalized spacial score (nSPS) is 18.3. The summed E-state index contributed by atoms with van der Waals surface area (Å²) in [5.41, 5.74) is 6.65. The van der Waals surface area contributed by atoms with E-state index in [9.17, 15) is 4.79 Å². The lowest BCUT2D eigenvalue weighted by molar-refractivity contribution is -0.121. The number of hydrogen-bond acceptors (Lipinski definition) is 2. The van der Waals surface area contributed by atoms with E-state index in [1.54, 1.807) is 0 Å². The second kappa shape index (κ2) is 6.52. The van der Waals surface area contributed by atoms with Gasteiger partial charge in [0.05, 0.1) is 0 Å². The predicted molar refractivity (Wildman–Crippen MR) is 79.7 cm³/mol. The highest BCUT2D eigenvalue weighted by atomic mass is 32.1. The maximum absolute atomic E-state index is 11.3. The molecule has 1 heterocycles. The molecule has 102 valence electrons. The van der Waals surface area contributed by atoms with E-state index in [0.717, 1.165) is 32.4 Å². The van der Waals surface area contributed by atoms with Crippen LogP contribution in [0.2, 0.25) is 0 Å². The molecular weight excluding hydrogens is 258 g/mol. The standard InChI is InChI=1S/C14H19N3OS/c15-13(18)12-7-4-10-17(12)14(19)16-9-8-11-5-2-1-3-6-11/h1-3,5-6,12H,4,7-10H2,(H2,15,18)(H,16,19)/t12-/m0/s1. The van der Waals surface area contributed by atoms with E-state index in [2.05, 4.69) is 17.4 Å². The van der Waals surface area contributed by atoms with Gasteiger partial charge in [0.1, 0.15) is 6.04 Å². The molecule has 1 aliphatic heterocycles. The molecule has 19 heavy (non-hydrogen) atoms. The number of rotatable bonds is 4. The molecule has 2 rings (SSSR count). The van der Waals surface area contributed by atoms with Crippen LogP contribution >= 0.6 is 12.2 Å². The monoisotopic (exact) mass is 277 g/mol. The molecule has 3 N–H and O–H groups in total. The van der Waals surface area contributed by atoms with E-state index < -0.39 is 0 Å². The minimum absolute atomic E-state index is 0.239. The summed E-state index contributed by atoms with van der Waals surface area (Å²) in [6.45, 7) is 1.58. The van der Waals surface area contributed by atoms with Crippen LogP contribution in [-0.2, 0) is 11.2 Å².